The highest BCUT2D eigenvalue weighted by molar-refractivity contribution is 5.31. The summed E-state index contributed by atoms with van der Waals surface area (Å²) in [5.41, 5.74) is 3.93. The molecule has 0 bridgehead atoms. The van der Waals surface area contributed by atoms with E-state index in [0.717, 1.165) is 19.5 Å². The Bertz CT molecular complexity index is 540. The summed E-state index contributed by atoms with van der Waals surface area (Å²) in [5, 5.41) is 8.06. The highest BCUT2D eigenvalue weighted by Gasteiger charge is 2.17. The van der Waals surface area contributed by atoms with Crippen LogP contribution in [0.4, 0.5) is 0 Å². The Balaban J connectivity index is 2.31. The van der Waals surface area contributed by atoms with Gasteiger partial charge in [-0.2, -0.15) is 5.10 Å². The van der Waals surface area contributed by atoms with Gasteiger partial charge in [0, 0.05) is 12.7 Å². The molecule has 2 aromatic rings. The molecule has 0 aliphatic carbocycles. The van der Waals surface area contributed by atoms with Gasteiger partial charge < -0.3 is 5.32 Å². The van der Waals surface area contributed by atoms with Gasteiger partial charge in [0.1, 0.15) is 0 Å². The summed E-state index contributed by atoms with van der Waals surface area (Å²) in [6.07, 6.45) is 3.02. The number of aryl methyl sites for hydroxylation is 1. The monoisotopic (exact) mass is 285 g/mol. The number of nitrogens with one attached hydrogen (secondary N) is 1. The van der Waals surface area contributed by atoms with Gasteiger partial charge in [0.15, 0.2) is 0 Å². The molecule has 0 spiro atoms. The van der Waals surface area contributed by atoms with E-state index in [1.165, 1.54) is 16.8 Å². The molecule has 114 valence electrons. The van der Waals surface area contributed by atoms with E-state index in [1.807, 2.05) is 6.20 Å². The van der Waals surface area contributed by atoms with Crippen molar-refractivity contribution in [3.05, 3.63) is 53.3 Å². The van der Waals surface area contributed by atoms with Crippen LogP contribution >= 0.6 is 0 Å². The zero-order valence-electron chi connectivity index (χ0n) is 13.6. The lowest BCUT2D eigenvalue weighted by molar-refractivity contribution is 0.529. The summed E-state index contributed by atoms with van der Waals surface area (Å²) >= 11 is 0. The van der Waals surface area contributed by atoms with Crippen molar-refractivity contribution in [3.63, 3.8) is 0 Å². The molecule has 2 rings (SSSR count). The van der Waals surface area contributed by atoms with Gasteiger partial charge in [0.05, 0.1) is 11.7 Å². The van der Waals surface area contributed by atoms with Crippen LogP contribution in [-0.2, 0) is 6.54 Å². The summed E-state index contributed by atoms with van der Waals surface area (Å²) < 4.78 is 2.07. The first-order valence-electron chi connectivity index (χ1n) is 8.02. The maximum Gasteiger partial charge on any atom is 0.0748 e. The number of benzene rings is 1. The molecule has 1 aromatic carbocycles. The van der Waals surface area contributed by atoms with Crippen LogP contribution in [0.1, 0.15) is 62.9 Å². The van der Waals surface area contributed by atoms with Crippen molar-refractivity contribution >= 4 is 0 Å². The predicted molar refractivity (Wildman–Crippen MR) is 88.6 cm³/mol. The van der Waals surface area contributed by atoms with Crippen molar-refractivity contribution in [2.24, 2.45) is 0 Å². The van der Waals surface area contributed by atoms with Gasteiger partial charge in [0.25, 0.3) is 0 Å². The Morgan fingerprint density at radius 1 is 1.05 bits per heavy atom. The number of rotatable bonds is 7. The van der Waals surface area contributed by atoms with Crippen molar-refractivity contribution in [3.8, 4) is 0 Å². The quantitative estimate of drug-likeness (QED) is 0.829. The fourth-order valence-corrected chi connectivity index (χ4v) is 2.61. The molecule has 1 atom stereocenters. The lowest BCUT2D eigenvalue weighted by atomic mass is 9.97. The molecule has 1 unspecified atom stereocenters. The van der Waals surface area contributed by atoms with Gasteiger partial charge in [-0.1, -0.05) is 45.0 Å². The smallest absolute Gasteiger partial charge is 0.0748 e. The predicted octanol–water partition coefficient (Wildman–Crippen LogP) is 4.12. The second kappa shape index (κ2) is 7.41. The average Bonchev–Trinajstić information content (AvgIpc) is 2.96. The Morgan fingerprint density at radius 3 is 2.29 bits per heavy atom. The standard InChI is InChI=1S/C18H27N3/c1-5-12-19-18(17-11-13-20-21(17)6-2)16-9-7-15(8-10-16)14(3)4/h7-11,13-14,18-19H,5-6,12H2,1-4H3. The van der Waals surface area contributed by atoms with Crippen LogP contribution < -0.4 is 5.32 Å². The average molecular weight is 285 g/mol. The van der Waals surface area contributed by atoms with Gasteiger partial charge in [0.2, 0.25) is 0 Å². The van der Waals surface area contributed by atoms with Crippen molar-refractivity contribution < 1.29 is 0 Å². The molecular formula is C18H27N3. The van der Waals surface area contributed by atoms with Gasteiger partial charge in [-0.3, -0.25) is 4.68 Å². The highest BCUT2D eigenvalue weighted by Crippen LogP contribution is 2.24. The Morgan fingerprint density at radius 2 is 1.71 bits per heavy atom. The molecule has 0 fully saturated rings. The second-order valence-electron chi connectivity index (χ2n) is 5.78. The van der Waals surface area contributed by atoms with Gasteiger partial charge >= 0.3 is 0 Å². The first kappa shape index (κ1) is 15.8. The summed E-state index contributed by atoms with van der Waals surface area (Å²) in [4.78, 5) is 0. The molecule has 21 heavy (non-hydrogen) atoms. The van der Waals surface area contributed by atoms with Crippen molar-refractivity contribution in [2.45, 2.75) is 52.6 Å². The van der Waals surface area contributed by atoms with E-state index in [-0.39, 0.29) is 6.04 Å². The number of hydrogen-bond acceptors (Lipinski definition) is 2. The molecular weight excluding hydrogens is 258 g/mol. The van der Waals surface area contributed by atoms with Crippen molar-refractivity contribution in [1.82, 2.24) is 15.1 Å². The van der Waals surface area contributed by atoms with Crippen LogP contribution in [0.15, 0.2) is 36.5 Å². The molecule has 0 aliphatic heterocycles. The number of hydrogen-bond donors (Lipinski definition) is 1. The highest BCUT2D eigenvalue weighted by atomic mass is 15.3. The van der Waals surface area contributed by atoms with Crippen LogP contribution in [0, 0.1) is 0 Å². The maximum absolute atomic E-state index is 4.41. The van der Waals surface area contributed by atoms with Crippen LogP contribution in [0.3, 0.4) is 0 Å². The third kappa shape index (κ3) is 3.73. The van der Waals surface area contributed by atoms with E-state index in [0.29, 0.717) is 5.92 Å². The normalized spacial score (nSPS) is 12.8. The van der Waals surface area contributed by atoms with E-state index in [2.05, 4.69) is 73.1 Å². The minimum Gasteiger partial charge on any atom is -0.305 e. The van der Waals surface area contributed by atoms with E-state index in [1.54, 1.807) is 0 Å². The zero-order valence-corrected chi connectivity index (χ0v) is 13.6. The lowest BCUT2D eigenvalue weighted by Gasteiger charge is -2.21. The zero-order chi connectivity index (χ0) is 15.2. The van der Waals surface area contributed by atoms with Crippen LogP contribution in [0.25, 0.3) is 0 Å². The Kier molecular flexibility index (Phi) is 5.57. The molecule has 1 heterocycles. The maximum atomic E-state index is 4.41. The molecule has 1 N–H and O–H groups in total. The topological polar surface area (TPSA) is 29.9 Å². The van der Waals surface area contributed by atoms with Gasteiger partial charge in [-0.25, -0.2) is 0 Å². The molecule has 0 saturated heterocycles. The summed E-state index contributed by atoms with van der Waals surface area (Å²) in [6, 6.07) is 11.3. The Hall–Kier alpha value is -1.61. The minimum atomic E-state index is 0.216. The summed E-state index contributed by atoms with van der Waals surface area (Å²) in [7, 11) is 0. The van der Waals surface area contributed by atoms with Crippen LogP contribution in [0.2, 0.25) is 0 Å². The molecule has 3 heteroatoms. The second-order valence-corrected chi connectivity index (χ2v) is 5.78. The van der Waals surface area contributed by atoms with Crippen LogP contribution in [-0.4, -0.2) is 16.3 Å². The molecule has 0 saturated carbocycles. The van der Waals surface area contributed by atoms with E-state index in [9.17, 15) is 0 Å². The van der Waals surface area contributed by atoms with Gasteiger partial charge in [-0.05, 0) is 43.0 Å². The third-order valence-corrected chi connectivity index (χ3v) is 3.88. The molecule has 0 aliphatic rings. The van der Waals surface area contributed by atoms with Crippen molar-refractivity contribution in [2.75, 3.05) is 6.54 Å². The molecule has 0 radical (unpaired) electrons. The van der Waals surface area contributed by atoms with E-state index >= 15 is 0 Å². The molecule has 1 aromatic heterocycles. The first-order chi connectivity index (χ1) is 10.2. The van der Waals surface area contributed by atoms with Crippen LogP contribution in [0.5, 0.6) is 0 Å². The van der Waals surface area contributed by atoms with E-state index in [4.69, 9.17) is 0 Å². The largest absolute Gasteiger partial charge is 0.305 e. The molecule has 3 nitrogen and oxygen atoms in total. The SMILES string of the molecule is CCCNC(c1ccc(C(C)C)cc1)c1ccnn1CC. The fraction of sp³-hybridized carbons (Fsp3) is 0.500. The first-order valence-corrected chi connectivity index (χ1v) is 8.02. The number of nitrogens with zero attached hydrogens (tertiary/aromatic N) is 2. The summed E-state index contributed by atoms with van der Waals surface area (Å²) in [5.74, 6) is 0.572. The number of aromatic nitrogens is 2. The third-order valence-electron chi connectivity index (χ3n) is 3.88. The van der Waals surface area contributed by atoms with Crippen molar-refractivity contribution in [1.29, 1.82) is 0 Å². The lowest BCUT2D eigenvalue weighted by Crippen LogP contribution is -2.25. The van der Waals surface area contributed by atoms with Gasteiger partial charge in [-0.15, -0.1) is 0 Å². The molecule has 0 amide bonds. The minimum absolute atomic E-state index is 0.216. The Labute approximate surface area is 128 Å². The summed E-state index contributed by atoms with van der Waals surface area (Å²) in [6.45, 7) is 10.7. The fourth-order valence-electron chi connectivity index (χ4n) is 2.61. The van der Waals surface area contributed by atoms with E-state index < -0.39 is 0 Å².